The molecule has 8 heteroatoms. The van der Waals surface area contributed by atoms with Crippen molar-refractivity contribution >= 4 is 17.6 Å². The molecule has 0 fully saturated rings. The van der Waals surface area contributed by atoms with Gasteiger partial charge in [-0.3, -0.25) is 9.69 Å². The minimum atomic E-state index is -1.03. The molecule has 3 aromatic carbocycles. The molecule has 1 amide bonds. The van der Waals surface area contributed by atoms with E-state index in [0.29, 0.717) is 39.9 Å². The van der Waals surface area contributed by atoms with E-state index in [1.807, 2.05) is 37.3 Å². The van der Waals surface area contributed by atoms with Crippen LogP contribution in [0.3, 0.4) is 0 Å². The quantitative estimate of drug-likeness (QED) is 0.345. The number of anilines is 1. The van der Waals surface area contributed by atoms with Crippen LogP contribution >= 0.6 is 0 Å². The lowest BCUT2D eigenvalue weighted by atomic mass is 9.82. The van der Waals surface area contributed by atoms with E-state index >= 15 is 0 Å². The Morgan fingerprint density at radius 2 is 1.87 bits per heavy atom. The summed E-state index contributed by atoms with van der Waals surface area (Å²) in [5.41, 5.74) is 3.11. The number of para-hydroxylation sites is 1. The van der Waals surface area contributed by atoms with E-state index in [-0.39, 0.29) is 18.9 Å². The minimum Gasteiger partial charge on any atom is -0.487 e. The van der Waals surface area contributed by atoms with Gasteiger partial charge in [-0.05, 0) is 74.4 Å². The van der Waals surface area contributed by atoms with Crippen LogP contribution < -0.4 is 9.64 Å². The molecule has 0 aliphatic carbocycles. The Bertz CT molecular complexity index is 1600. The van der Waals surface area contributed by atoms with Crippen LogP contribution in [0.2, 0.25) is 0 Å². The monoisotopic (exact) mass is 521 g/mol. The molecule has 196 valence electrons. The fourth-order valence-corrected chi connectivity index (χ4v) is 4.76. The second kappa shape index (κ2) is 10.1. The maximum absolute atomic E-state index is 13.8. The second-order valence-corrected chi connectivity index (χ2v) is 10.0. The number of nitrogens with zero attached hydrogens (tertiary/aromatic N) is 3. The number of carboxylic acids is 1. The first-order chi connectivity index (χ1) is 18.7. The number of hydrogen-bond donors (Lipinski definition) is 1. The summed E-state index contributed by atoms with van der Waals surface area (Å²) >= 11 is 0. The number of benzene rings is 3. The smallest absolute Gasteiger partial charge is 0.327 e. The molecule has 1 aliphatic rings. The van der Waals surface area contributed by atoms with Gasteiger partial charge in [-0.1, -0.05) is 30.3 Å². The molecule has 0 saturated carbocycles. The molecule has 1 N–H and O–H groups in total. The molecule has 39 heavy (non-hydrogen) atoms. The molecule has 4 aromatic rings. The summed E-state index contributed by atoms with van der Waals surface area (Å²) in [7, 11) is 0. The van der Waals surface area contributed by atoms with Crippen molar-refractivity contribution in [3.05, 3.63) is 101 Å². The van der Waals surface area contributed by atoms with Crippen molar-refractivity contribution in [2.24, 2.45) is 0 Å². The van der Waals surface area contributed by atoms with Crippen molar-refractivity contribution in [2.75, 3.05) is 4.90 Å². The highest BCUT2D eigenvalue weighted by atomic mass is 16.5. The fraction of sp³-hybridized carbons (Fsp3) is 0.226. The van der Waals surface area contributed by atoms with Crippen molar-refractivity contribution in [3.8, 4) is 23.3 Å². The van der Waals surface area contributed by atoms with E-state index in [1.54, 1.807) is 56.3 Å². The van der Waals surface area contributed by atoms with Crippen LogP contribution in [-0.2, 0) is 28.0 Å². The summed E-state index contributed by atoms with van der Waals surface area (Å²) in [6.45, 7) is 5.55. The van der Waals surface area contributed by atoms with Crippen LogP contribution in [0.25, 0.3) is 11.5 Å². The van der Waals surface area contributed by atoms with E-state index in [1.165, 1.54) is 4.90 Å². The SMILES string of the molecule is Cc1oc(-c2ccc(C#N)cc2)nc1COc1cccc(C(C)(C)C(=O)N2c3ccccc3CC2C(=O)O)c1. The molecule has 1 atom stereocenters. The highest BCUT2D eigenvalue weighted by molar-refractivity contribution is 6.06. The molecular weight excluding hydrogens is 494 g/mol. The van der Waals surface area contributed by atoms with E-state index in [0.717, 1.165) is 11.1 Å². The van der Waals surface area contributed by atoms with E-state index in [2.05, 4.69) is 11.1 Å². The number of hydrogen-bond acceptors (Lipinski definition) is 6. The van der Waals surface area contributed by atoms with Gasteiger partial charge in [0.15, 0.2) is 0 Å². The van der Waals surface area contributed by atoms with Crippen LogP contribution in [0.5, 0.6) is 5.75 Å². The number of oxazole rings is 1. The van der Waals surface area contributed by atoms with Crippen LogP contribution in [0.4, 0.5) is 5.69 Å². The van der Waals surface area contributed by atoms with Crippen LogP contribution in [0, 0.1) is 18.3 Å². The van der Waals surface area contributed by atoms with Gasteiger partial charge >= 0.3 is 5.97 Å². The van der Waals surface area contributed by atoms with E-state index < -0.39 is 17.4 Å². The molecule has 1 unspecified atom stereocenters. The van der Waals surface area contributed by atoms with Crippen molar-refractivity contribution < 1.29 is 23.8 Å². The predicted octanol–water partition coefficient (Wildman–Crippen LogP) is 5.42. The molecule has 0 spiro atoms. The number of rotatable bonds is 7. The van der Waals surface area contributed by atoms with Crippen LogP contribution in [-0.4, -0.2) is 28.0 Å². The highest BCUT2D eigenvalue weighted by Gasteiger charge is 2.44. The molecule has 0 saturated heterocycles. The maximum atomic E-state index is 13.8. The first-order valence-corrected chi connectivity index (χ1v) is 12.5. The van der Waals surface area contributed by atoms with Gasteiger partial charge in [0, 0.05) is 17.7 Å². The number of ether oxygens (including phenoxy) is 1. The zero-order chi connectivity index (χ0) is 27.7. The number of nitriles is 1. The number of aryl methyl sites for hydroxylation is 1. The average molecular weight is 522 g/mol. The molecule has 5 rings (SSSR count). The third kappa shape index (κ3) is 4.87. The van der Waals surface area contributed by atoms with Gasteiger partial charge in [0.25, 0.3) is 0 Å². The summed E-state index contributed by atoms with van der Waals surface area (Å²) in [5, 5.41) is 18.8. The van der Waals surface area contributed by atoms with Gasteiger partial charge in [-0.15, -0.1) is 0 Å². The van der Waals surface area contributed by atoms with Gasteiger partial charge in [0.05, 0.1) is 17.0 Å². The number of fused-ring (bicyclic) bond motifs is 1. The number of carbonyl (C=O) groups excluding carboxylic acids is 1. The van der Waals surface area contributed by atoms with Gasteiger partial charge < -0.3 is 14.3 Å². The normalized spacial score (nSPS) is 14.5. The Morgan fingerprint density at radius 1 is 1.13 bits per heavy atom. The van der Waals surface area contributed by atoms with E-state index in [9.17, 15) is 14.7 Å². The first-order valence-electron chi connectivity index (χ1n) is 12.5. The Kier molecular flexibility index (Phi) is 6.67. The number of carbonyl (C=O) groups is 2. The largest absolute Gasteiger partial charge is 0.487 e. The third-order valence-electron chi connectivity index (χ3n) is 7.10. The van der Waals surface area contributed by atoms with Crippen molar-refractivity contribution in [3.63, 3.8) is 0 Å². The second-order valence-electron chi connectivity index (χ2n) is 10.0. The molecule has 0 radical (unpaired) electrons. The molecule has 1 aliphatic heterocycles. The molecule has 2 heterocycles. The van der Waals surface area contributed by atoms with Crippen molar-refractivity contribution in [2.45, 2.75) is 45.3 Å². The van der Waals surface area contributed by atoms with Crippen LogP contribution in [0.15, 0.2) is 77.2 Å². The summed E-state index contributed by atoms with van der Waals surface area (Å²) < 4.78 is 11.8. The number of amides is 1. The summed E-state index contributed by atoms with van der Waals surface area (Å²) in [6, 6.07) is 22.7. The predicted molar refractivity (Wildman–Crippen MR) is 144 cm³/mol. The van der Waals surface area contributed by atoms with Crippen molar-refractivity contribution in [1.82, 2.24) is 4.98 Å². The lowest BCUT2D eigenvalue weighted by Gasteiger charge is -2.32. The molecule has 0 bridgehead atoms. The fourth-order valence-electron chi connectivity index (χ4n) is 4.76. The minimum absolute atomic E-state index is 0.157. The highest BCUT2D eigenvalue weighted by Crippen LogP contribution is 2.38. The van der Waals surface area contributed by atoms with Gasteiger partial charge in [-0.25, -0.2) is 9.78 Å². The maximum Gasteiger partial charge on any atom is 0.327 e. The van der Waals surface area contributed by atoms with Gasteiger partial charge in [0.1, 0.15) is 29.9 Å². The number of aliphatic carboxylic acids is 1. The number of carboxylic acid groups (broad SMARTS) is 1. The van der Waals surface area contributed by atoms with Crippen molar-refractivity contribution in [1.29, 1.82) is 5.26 Å². The first kappa shape index (κ1) is 25.7. The summed E-state index contributed by atoms with van der Waals surface area (Å²) in [5.74, 6) is 0.280. The van der Waals surface area contributed by atoms with Crippen LogP contribution in [0.1, 0.15) is 42.0 Å². The van der Waals surface area contributed by atoms with Gasteiger partial charge in [-0.2, -0.15) is 5.26 Å². The van der Waals surface area contributed by atoms with E-state index in [4.69, 9.17) is 14.4 Å². The Hall–Kier alpha value is -4.90. The zero-order valence-electron chi connectivity index (χ0n) is 21.8. The lowest BCUT2D eigenvalue weighted by molar-refractivity contribution is -0.140. The average Bonchev–Trinajstić information content (AvgIpc) is 3.52. The Morgan fingerprint density at radius 3 is 2.59 bits per heavy atom. The number of aromatic nitrogens is 1. The zero-order valence-corrected chi connectivity index (χ0v) is 21.8. The lowest BCUT2D eigenvalue weighted by Crippen LogP contribution is -2.50. The molecule has 1 aromatic heterocycles. The Labute approximate surface area is 226 Å². The standard InChI is InChI=1S/C31H27N3O5/c1-19-25(33-28(39-19)21-13-11-20(17-32)12-14-21)18-38-24-9-6-8-23(16-24)31(2,3)30(37)34-26-10-5-4-7-22(26)15-27(34)29(35)36/h4-14,16,27H,15,18H2,1-3H3,(H,35,36). The Balaban J connectivity index is 1.35. The summed E-state index contributed by atoms with van der Waals surface area (Å²) in [6.07, 6.45) is 0.276. The summed E-state index contributed by atoms with van der Waals surface area (Å²) in [4.78, 5) is 31.8. The third-order valence-corrected chi connectivity index (χ3v) is 7.10. The molecule has 8 nitrogen and oxygen atoms in total. The van der Waals surface area contributed by atoms with Gasteiger partial charge in [0.2, 0.25) is 11.8 Å². The topological polar surface area (TPSA) is 117 Å². The molecular formula is C31H27N3O5.